The Balaban J connectivity index is 1.53. The highest BCUT2D eigenvalue weighted by molar-refractivity contribution is 5.85. The van der Waals surface area contributed by atoms with Gasteiger partial charge in [-0.3, -0.25) is 4.79 Å². The average Bonchev–Trinajstić information content (AvgIpc) is 3.11. The van der Waals surface area contributed by atoms with Gasteiger partial charge in [-0.05, 0) is 38.8 Å². The lowest BCUT2D eigenvalue weighted by Gasteiger charge is -2.31. The van der Waals surface area contributed by atoms with E-state index in [1.807, 2.05) is 9.80 Å². The van der Waals surface area contributed by atoms with Gasteiger partial charge in [0.15, 0.2) is 0 Å². The number of carbonyl (C=O) groups is 2. The molecule has 0 spiro atoms. The zero-order valence-electron chi connectivity index (χ0n) is 12.0. The minimum absolute atomic E-state index is 0.0597. The second kappa shape index (κ2) is 5.99. The molecule has 0 aromatic rings. The summed E-state index contributed by atoms with van der Waals surface area (Å²) in [4.78, 5) is 30.1. The molecule has 0 aromatic heterocycles. The highest BCUT2D eigenvalue weighted by atomic mass is 16.2. The summed E-state index contributed by atoms with van der Waals surface area (Å²) in [6.07, 6.45) is 4.25. The fraction of sp³-hybridized carbons (Fsp3) is 0.857. The summed E-state index contributed by atoms with van der Waals surface area (Å²) in [5, 5.41) is 3.32. The van der Waals surface area contributed by atoms with E-state index in [-0.39, 0.29) is 18.5 Å². The van der Waals surface area contributed by atoms with Crippen molar-refractivity contribution in [2.24, 2.45) is 0 Å². The van der Waals surface area contributed by atoms with Crippen LogP contribution in [-0.4, -0.2) is 78.5 Å². The van der Waals surface area contributed by atoms with E-state index in [2.05, 4.69) is 5.32 Å². The lowest BCUT2D eigenvalue weighted by Crippen LogP contribution is -2.46. The van der Waals surface area contributed by atoms with Crippen LogP contribution in [0.15, 0.2) is 0 Å². The van der Waals surface area contributed by atoms with Crippen LogP contribution in [0.25, 0.3) is 0 Å². The lowest BCUT2D eigenvalue weighted by molar-refractivity contribution is -0.130. The Morgan fingerprint density at radius 3 is 2.50 bits per heavy atom. The van der Waals surface area contributed by atoms with Gasteiger partial charge >= 0.3 is 6.03 Å². The lowest BCUT2D eigenvalue weighted by atomic mass is 10.1. The van der Waals surface area contributed by atoms with E-state index in [0.717, 1.165) is 58.4 Å². The van der Waals surface area contributed by atoms with Gasteiger partial charge in [0.1, 0.15) is 6.54 Å². The number of hydrogen-bond donors (Lipinski definition) is 1. The number of carbonyl (C=O) groups excluding carboxylic acids is 2. The smallest absolute Gasteiger partial charge is 0.320 e. The standard InChI is InChI=1S/C14H24N4O2/c19-13(16-7-1-2-8-16)11-17-9-10-18(14(17)20)12-3-5-15-6-4-12/h12,15H,1-11H2. The van der Waals surface area contributed by atoms with E-state index < -0.39 is 0 Å². The van der Waals surface area contributed by atoms with Crippen LogP contribution < -0.4 is 5.32 Å². The fourth-order valence-corrected chi connectivity index (χ4v) is 3.43. The molecule has 0 saturated carbocycles. The first-order valence-electron chi connectivity index (χ1n) is 7.80. The monoisotopic (exact) mass is 280 g/mol. The summed E-state index contributed by atoms with van der Waals surface area (Å²) in [7, 11) is 0. The maximum absolute atomic E-state index is 12.4. The molecule has 3 fully saturated rings. The van der Waals surface area contributed by atoms with Crippen molar-refractivity contribution < 1.29 is 9.59 Å². The van der Waals surface area contributed by atoms with Gasteiger partial charge in [-0.15, -0.1) is 0 Å². The van der Waals surface area contributed by atoms with E-state index in [9.17, 15) is 9.59 Å². The molecular formula is C14H24N4O2. The Morgan fingerprint density at radius 2 is 1.80 bits per heavy atom. The first kappa shape index (κ1) is 13.7. The van der Waals surface area contributed by atoms with Crippen LogP contribution in [-0.2, 0) is 4.79 Å². The molecule has 3 amide bonds. The largest absolute Gasteiger partial charge is 0.341 e. The molecule has 0 atom stereocenters. The predicted octanol–water partition coefficient (Wildman–Crippen LogP) is 0.0984. The van der Waals surface area contributed by atoms with Crippen LogP contribution in [0.5, 0.6) is 0 Å². The van der Waals surface area contributed by atoms with Crippen LogP contribution in [0.4, 0.5) is 4.79 Å². The van der Waals surface area contributed by atoms with Crippen LogP contribution in [0, 0.1) is 0 Å². The second-order valence-corrected chi connectivity index (χ2v) is 5.97. The quantitative estimate of drug-likeness (QED) is 0.797. The number of urea groups is 1. The van der Waals surface area contributed by atoms with E-state index >= 15 is 0 Å². The van der Waals surface area contributed by atoms with Crippen molar-refractivity contribution in [1.82, 2.24) is 20.0 Å². The van der Waals surface area contributed by atoms with Gasteiger partial charge in [0, 0.05) is 32.2 Å². The van der Waals surface area contributed by atoms with Crippen LogP contribution >= 0.6 is 0 Å². The van der Waals surface area contributed by atoms with Gasteiger partial charge < -0.3 is 20.0 Å². The topological polar surface area (TPSA) is 55.9 Å². The SMILES string of the molecule is O=C(CN1CCN(C2CCNCC2)C1=O)N1CCCC1. The Bertz CT molecular complexity index is 375. The molecule has 112 valence electrons. The highest BCUT2D eigenvalue weighted by Crippen LogP contribution is 2.19. The van der Waals surface area contributed by atoms with Gasteiger partial charge in [-0.2, -0.15) is 0 Å². The van der Waals surface area contributed by atoms with Crippen molar-refractivity contribution in [2.75, 3.05) is 45.8 Å². The molecule has 3 rings (SSSR count). The summed E-state index contributed by atoms with van der Waals surface area (Å²) in [6.45, 7) is 5.43. The Labute approximate surface area is 120 Å². The van der Waals surface area contributed by atoms with Crippen molar-refractivity contribution in [3.63, 3.8) is 0 Å². The molecule has 3 aliphatic heterocycles. The first-order chi connectivity index (χ1) is 9.75. The molecule has 0 radical (unpaired) electrons. The van der Waals surface area contributed by atoms with Gasteiger partial charge in [-0.1, -0.05) is 0 Å². The van der Waals surface area contributed by atoms with Crippen LogP contribution in [0.1, 0.15) is 25.7 Å². The molecule has 3 saturated heterocycles. The summed E-state index contributed by atoms with van der Waals surface area (Å²) in [6, 6.07) is 0.417. The number of nitrogens with one attached hydrogen (secondary N) is 1. The van der Waals surface area contributed by atoms with Gasteiger partial charge in [-0.25, -0.2) is 4.79 Å². The Hall–Kier alpha value is -1.30. The average molecular weight is 280 g/mol. The zero-order chi connectivity index (χ0) is 13.9. The molecule has 1 N–H and O–H groups in total. The van der Waals surface area contributed by atoms with E-state index in [4.69, 9.17) is 0 Å². The predicted molar refractivity (Wildman–Crippen MR) is 75.4 cm³/mol. The van der Waals surface area contributed by atoms with E-state index in [1.54, 1.807) is 4.90 Å². The number of piperidine rings is 1. The van der Waals surface area contributed by atoms with Gasteiger partial charge in [0.05, 0.1) is 0 Å². The number of nitrogens with zero attached hydrogens (tertiary/aromatic N) is 3. The molecule has 6 nitrogen and oxygen atoms in total. The summed E-state index contributed by atoms with van der Waals surface area (Å²) >= 11 is 0. The summed E-state index contributed by atoms with van der Waals surface area (Å²) in [5.41, 5.74) is 0. The van der Waals surface area contributed by atoms with Crippen LogP contribution in [0.2, 0.25) is 0 Å². The zero-order valence-corrected chi connectivity index (χ0v) is 12.0. The summed E-state index contributed by atoms with van der Waals surface area (Å²) < 4.78 is 0. The number of likely N-dealkylation sites (tertiary alicyclic amines) is 1. The Morgan fingerprint density at radius 1 is 1.10 bits per heavy atom. The fourth-order valence-electron chi connectivity index (χ4n) is 3.43. The maximum Gasteiger partial charge on any atom is 0.320 e. The van der Waals surface area contributed by atoms with E-state index in [1.165, 1.54) is 0 Å². The molecule has 6 heteroatoms. The third-order valence-corrected chi connectivity index (χ3v) is 4.66. The van der Waals surface area contributed by atoms with Crippen molar-refractivity contribution in [3.8, 4) is 0 Å². The minimum Gasteiger partial charge on any atom is -0.341 e. The minimum atomic E-state index is 0.0597. The molecule has 0 bridgehead atoms. The molecule has 0 unspecified atom stereocenters. The van der Waals surface area contributed by atoms with E-state index in [0.29, 0.717) is 12.6 Å². The summed E-state index contributed by atoms with van der Waals surface area (Å²) in [5.74, 6) is 0.114. The van der Waals surface area contributed by atoms with Gasteiger partial charge in [0.2, 0.25) is 5.91 Å². The van der Waals surface area contributed by atoms with Crippen molar-refractivity contribution >= 4 is 11.9 Å². The first-order valence-corrected chi connectivity index (χ1v) is 7.80. The molecular weight excluding hydrogens is 256 g/mol. The van der Waals surface area contributed by atoms with Crippen molar-refractivity contribution in [1.29, 1.82) is 0 Å². The third-order valence-electron chi connectivity index (χ3n) is 4.66. The number of rotatable bonds is 3. The maximum atomic E-state index is 12.4. The number of hydrogen-bond acceptors (Lipinski definition) is 3. The van der Waals surface area contributed by atoms with Gasteiger partial charge in [0.25, 0.3) is 0 Å². The third kappa shape index (κ3) is 2.75. The number of amides is 3. The Kier molecular flexibility index (Phi) is 4.10. The molecule has 3 heterocycles. The molecule has 0 aromatic carbocycles. The normalized spacial score (nSPS) is 24.8. The highest BCUT2D eigenvalue weighted by Gasteiger charge is 2.35. The van der Waals surface area contributed by atoms with Crippen molar-refractivity contribution in [2.45, 2.75) is 31.7 Å². The second-order valence-electron chi connectivity index (χ2n) is 5.97. The molecule has 0 aliphatic carbocycles. The van der Waals surface area contributed by atoms with Crippen LogP contribution in [0.3, 0.4) is 0 Å². The molecule has 20 heavy (non-hydrogen) atoms. The van der Waals surface area contributed by atoms with Crippen molar-refractivity contribution in [3.05, 3.63) is 0 Å². The molecule has 3 aliphatic rings.